The van der Waals surface area contributed by atoms with E-state index in [-0.39, 0.29) is 17.9 Å². The van der Waals surface area contributed by atoms with Crippen molar-refractivity contribution in [3.8, 4) is 0 Å². The fourth-order valence-electron chi connectivity index (χ4n) is 3.36. The summed E-state index contributed by atoms with van der Waals surface area (Å²) in [5, 5.41) is 5.80. The lowest BCUT2D eigenvalue weighted by Crippen LogP contribution is -2.44. The molecule has 1 atom stereocenters. The summed E-state index contributed by atoms with van der Waals surface area (Å²) >= 11 is 0. The maximum atomic E-state index is 12.4. The molecule has 2 aliphatic rings. The summed E-state index contributed by atoms with van der Waals surface area (Å²) in [7, 11) is 0. The second kappa shape index (κ2) is 5.96. The summed E-state index contributed by atoms with van der Waals surface area (Å²) in [5.41, 5.74) is 3.20. The monoisotopic (exact) mass is 322 g/mol. The van der Waals surface area contributed by atoms with Crippen LogP contribution in [0.25, 0.3) is 0 Å². The van der Waals surface area contributed by atoms with Gasteiger partial charge in [-0.15, -0.1) is 0 Å². The van der Waals surface area contributed by atoms with Crippen molar-refractivity contribution >= 4 is 23.2 Å². The molecule has 6 nitrogen and oxygen atoms in total. The third-order valence-electron chi connectivity index (χ3n) is 4.56. The number of pyridine rings is 1. The molecule has 24 heavy (non-hydrogen) atoms. The van der Waals surface area contributed by atoms with E-state index in [0.717, 1.165) is 30.6 Å². The fourth-order valence-corrected chi connectivity index (χ4v) is 3.36. The number of hydrogen-bond acceptors (Lipinski definition) is 4. The van der Waals surface area contributed by atoms with Gasteiger partial charge in [-0.25, -0.2) is 0 Å². The first-order valence-corrected chi connectivity index (χ1v) is 8.11. The van der Waals surface area contributed by atoms with Crippen LogP contribution in [-0.4, -0.2) is 29.4 Å². The molecule has 1 saturated heterocycles. The van der Waals surface area contributed by atoms with Crippen LogP contribution in [0.2, 0.25) is 0 Å². The molecule has 1 aromatic carbocycles. The number of hydrogen-bond donors (Lipinski definition) is 2. The van der Waals surface area contributed by atoms with Gasteiger partial charge in [0.25, 0.3) is 5.91 Å². The summed E-state index contributed by atoms with van der Waals surface area (Å²) in [5.74, 6) is -0.146. The summed E-state index contributed by atoms with van der Waals surface area (Å²) in [6, 6.07) is 9.16. The van der Waals surface area contributed by atoms with E-state index < -0.39 is 0 Å². The van der Waals surface area contributed by atoms with Crippen molar-refractivity contribution in [2.75, 3.05) is 16.8 Å². The van der Waals surface area contributed by atoms with E-state index in [1.807, 2.05) is 24.3 Å². The SMILES string of the molecule is O=C(NCc1cccnc1)c1ccc2c(c1)NC(=O)[C@H]1CCCN21. The van der Waals surface area contributed by atoms with Gasteiger partial charge in [0.2, 0.25) is 5.91 Å². The molecule has 2 aromatic rings. The van der Waals surface area contributed by atoms with Gasteiger partial charge < -0.3 is 15.5 Å². The zero-order valence-corrected chi connectivity index (χ0v) is 13.2. The first kappa shape index (κ1) is 14.7. The van der Waals surface area contributed by atoms with Crippen LogP contribution < -0.4 is 15.5 Å². The average Bonchev–Trinajstić information content (AvgIpc) is 3.11. The maximum absolute atomic E-state index is 12.4. The highest BCUT2D eigenvalue weighted by Gasteiger charge is 2.36. The molecule has 0 radical (unpaired) electrons. The molecule has 6 heteroatoms. The van der Waals surface area contributed by atoms with E-state index in [1.54, 1.807) is 18.5 Å². The Balaban J connectivity index is 1.52. The predicted molar refractivity (Wildman–Crippen MR) is 90.8 cm³/mol. The summed E-state index contributed by atoms with van der Waals surface area (Å²) in [6.07, 6.45) is 5.33. The lowest BCUT2D eigenvalue weighted by molar-refractivity contribution is -0.117. The number of amides is 2. The molecule has 0 aliphatic carbocycles. The minimum absolute atomic E-state index is 0.0212. The minimum Gasteiger partial charge on any atom is -0.358 e. The highest BCUT2D eigenvalue weighted by atomic mass is 16.2. The van der Waals surface area contributed by atoms with Gasteiger partial charge in [0.15, 0.2) is 0 Å². The molecule has 0 unspecified atom stereocenters. The van der Waals surface area contributed by atoms with Crippen LogP contribution in [0, 0.1) is 0 Å². The third-order valence-corrected chi connectivity index (χ3v) is 4.56. The quantitative estimate of drug-likeness (QED) is 0.905. The molecule has 2 aliphatic heterocycles. The molecule has 0 bridgehead atoms. The molecule has 2 N–H and O–H groups in total. The standard InChI is InChI=1S/C18H18N4O2/c23-17(20-11-12-3-1-7-19-10-12)13-5-6-15-14(9-13)21-18(24)16-4-2-8-22(15)16/h1,3,5-7,9-10,16H,2,4,8,11H2,(H,20,23)(H,21,24)/t16-/m1/s1. The lowest BCUT2D eigenvalue weighted by Gasteiger charge is -2.33. The normalized spacial score (nSPS) is 18.6. The Morgan fingerprint density at radius 3 is 3.12 bits per heavy atom. The van der Waals surface area contributed by atoms with Crippen LogP contribution in [0.3, 0.4) is 0 Å². The number of rotatable bonds is 3. The minimum atomic E-state index is -0.167. The van der Waals surface area contributed by atoms with Crippen LogP contribution in [-0.2, 0) is 11.3 Å². The molecule has 1 aromatic heterocycles. The van der Waals surface area contributed by atoms with E-state index in [4.69, 9.17) is 0 Å². The Kier molecular flexibility index (Phi) is 3.65. The molecule has 3 heterocycles. The number of nitrogens with zero attached hydrogens (tertiary/aromatic N) is 2. The average molecular weight is 322 g/mol. The first-order chi connectivity index (χ1) is 11.7. The fraction of sp³-hybridized carbons (Fsp3) is 0.278. The van der Waals surface area contributed by atoms with E-state index in [2.05, 4.69) is 20.5 Å². The highest BCUT2D eigenvalue weighted by molar-refractivity contribution is 6.06. The Bertz CT molecular complexity index is 791. The Hall–Kier alpha value is -2.89. The van der Waals surface area contributed by atoms with Gasteiger partial charge in [-0.3, -0.25) is 14.6 Å². The van der Waals surface area contributed by atoms with Crippen molar-refractivity contribution in [2.45, 2.75) is 25.4 Å². The number of aromatic nitrogens is 1. The van der Waals surface area contributed by atoms with Crippen LogP contribution in [0.4, 0.5) is 11.4 Å². The Morgan fingerprint density at radius 1 is 1.38 bits per heavy atom. The van der Waals surface area contributed by atoms with Gasteiger partial charge in [-0.2, -0.15) is 0 Å². The molecule has 4 rings (SSSR count). The summed E-state index contributed by atoms with van der Waals surface area (Å²) in [6.45, 7) is 1.31. The van der Waals surface area contributed by atoms with Gasteiger partial charge >= 0.3 is 0 Å². The van der Waals surface area contributed by atoms with Gasteiger partial charge in [0.1, 0.15) is 6.04 Å². The molecular formula is C18H18N4O2. The topological polar surface area (TPSA) is 74.3 Å². The van der Waals surface area contributed by atoms with E-state index in [1.165, 1.54) is 0 Å². The number of carbonyl (C=O) groups excluding carboxylic acids is 2. The summed E-state index contributed by atoms with van der Waals surface area (Å²) < 4.78 is 0. The second-order valence-corrected chi connectivity index (χ2v) is 6.12. The molecule has 2 amide bonds. The van der Waals surface area contributed by atoms with E-state index >= 15 is 0 Å². The largest absolute Gasteiger partial charge is 0.358 e. The second-order valence-electron chi connectivity index (χ2n) is 6.12. The number of nitrogens with one attached hydrogen (secondary N) is 2. The van der Waals surface area contributed by atoms with Crippen LogP contribution >= 0.6 is 0 Å². The predicted octanol–water partition coefficient (Wildman–Crippen LogP) is 1.93. The summed E-state index contributed by atoms with van der Waals surface area (Å²) in [4.78, 5) is 30.7. The molecule has 122 valence electrons. The van der Waals surface area contributed by atoms with Crippen molar-refractivity contribution < 1.29 is 9.59 Å². The van der Waals surface area contributed by atoms with Crippen LogP contribution in [0.15, 0.2) is 42.7 Å². The van der Waals surface area contributed by atoms with Gasteiger partial charge in [0, 0.05) is 31.0 Å². The first-order valence-electron chi connectivity index (χ1n) is 8.11. The van der Waals surface area contributed by atoms with Crippen molar-refractivity contribution in [2.24, 2.45) is 0 Å². The third kappa shape index (κ3) is 2.60. The lowest BCUT2D eigenvalue weighted by atomic mass is 10.1. The van der Waals surface area contributed by atoms with Crippen LogP contribution in [0.5, 0.6) is 0 Å². The zero-order chi connectivity index (χ0) is 16.5. The smallest absolute Gasteiger partial charge is 0.251 e. The Morgan fingerprint density at radius 2 is 2.29 bits per heavy atom. The molecule has 0 spiro atoms. The number of anilines is 2. The van der Waals surface area contributed by atoms with Crippen molar-refractivity contribution in [3.05, 3.63) is 53.9 Å². The van der Waals surface area contributed by atoms with Gasteiger partial charge in [-0.05, 0) is 42.7 Å². The van der Waals surface area contributed by atoms with E-state index in [9.17, 15) is 9.59 Å². The zero-order valence-electron chi connectivity index (χ0n) is 13.2. The number of carbonyl (C=O) groups is 2. The molecule has 1 fully saturated rings. The van der Waals surface area contributed by atoms with Crippen molar-refractivity contribution in [1.29, 1.82) is 0 Å². The number of fused-ring (bicyclic) bond motifs is 3. The van der Waals surface area contributed by atoms with Crippen LogP contribution in [0.1, 0.15) is 28.8 Å². The van der Waals surface area contributed by atoms with Gasteiger partial charge in [-0.1, -0.05) is 6.07 Å². The number of benzene rings is 1. The van der Waals surface area contributed by atoms with Crippen molar-refractivity contribution in [1.82, 2.24) is 10.3 Å². The Labute approximate surface area is 139 Å². The van der Waals surface area contributed by atoms with Gasteiger partial charge in [0.05, 0.1) is 11.4 Å². The van der Waals surface area contributed by atoms with E-state index in [0.29, 0.717) is 17.8 Å². The highest BCUT2D eigenvalue weighted by Crippen LogP contribution is 2.37. The maximum Gasteiger partial charge on any atom is 0.251 e. The van der Waals surface area contributed by atoms with Crippen molar-refractivity contribution in [3.63, 3.8) is 0 Å². The molecular weight excluding hydrogens is 304 g/mol. The molecule has 0 saturated carbocycles.